The molecule has 2 aromatic carbocycles. The number of thioether (sulfide) groups is 1. The van der Waals surface area contributed by atoms with E-state index in [1.807, 2.05) is 19.1 Å². The largest absolute Gasteiger partial charge is 0.321 e. The fourth-order valence-corrected chi connectivity index (χ4v) is 7.63. The maximum absolute atomic E-state index is 13.4. The zero-order chi connectivity index (χ0) is 33.6. The van der Waals surface area contributed by atoms with Crippen LogP contribution >= 0.6 is 23.1 Å². The molecular formula is C37H37N5O3S2. The van der Waals surface area contributed by atoms with Crippen molar-refractivity contribution in [3.63, 3.8) is 0 Å². The molecule has 1 aliphatic rings. The van der Waals surface area contributed by atoms with Crippen molar-refractivity contribution in [1.82, 2.24) is 10.3 Å². The first-order chi connectivity index (χ1) is 22.5. The molecule has 2 heterocycles. The zero-order valence-electron chi connectivity index (χ0n) is 26.8. The topological polar surface area (TPSA) is 124 Å². The summed E-state index contributed by atoms with van der Waals surface area (Å²) in [4.78, 5) is 45.7. The number of thiophene rings is 1. The minimum Gasteiger partial charge on any atom is -0.321 e. The molecule has 4 aromatic rings. The highest BCUT2D eigenvalue weighted by Gasteiger charge is 2.32. The van der Waals surface area contributed by atoms with Gasteiger partial charge in [0, 0.05) is 33.4 Å². The lowest BCUT2D eigenvalue weighted by Gasteiger charge is -2.33. The van der Waals surface area contributed by atoms with E-state index in [1.165, 1.54) is 28.0 Å². The summed E-state index contributed by atoms with van der Waals surface area (Å²) >= 11 is 2.87. The molecule has 0 saturated carbocycles. The van der Waals surface area contributed by atoms with Crippen LogP contribution in [0.15, 0.2) is 89.7 Å². The van der Waals surface area contributed by atoms with Crippen LogP contribution in [0.2, 0.25) is 0 Å². The van der Waals surface area contributed by atoms with Crippen molar-refractivity contribution in [2.75, 3.05) is 10.6 Å². The number of amides is 3. The number of rotatable bonds is 9. The SMILES string of the molecule is CC(Sc1cccc(NC(=O)/C(=C/c2cccnc2)NC(=O)c2ccccc2)c1)C(=O)Nc1sc2c(c1C#N)CCC(C(C)(C)C)C2. The molecule has 0 saturated heterocycles. The normalized spacial score (nSPS) is 15.1. The average Bonchev–Trinajstić information content (AvgIpc) is 3.41. The van der Waals surface area contributed by atoms with Gasteiger partial charge in [-0.3, -0.25) is 19.4 Å². The maximum atomic E-state index is 13.4. The van der Waals surface area contributed by atoms with Crippen molar-refractivity contribution >= 4 is 57.6 Å². The van der Waals surface area contributed by atoms with E-state index in [0.717, 1.165) is 29.7 Å². The summed E-state index contributed by atoms with van der Waals surface area (Å²) in [5, 5.41) is 18.7. The number of carbonyl (C=O) groups excluding carboxylic acids is 3. The average molecular weight is 664 g/mol. The molecule has 3 amide bonds. The van der Waals surface area contributed by atoms with Gasteiger partial charge in [-0.2, -0.15) is 5.26 Å². The third-order valence-corrected chi connectivity index (χ3v) is 10.4. The van der Waals surface area contributed by atoms with Gasteiger partial charge in [-0.15, -0.1) is 23.1 Å². The van der Waals surface area contributed by atoms with E-state index in [4.69, 9.17) is 0 Å². The van der Waals surface area contributed by atoms with E-state index < -0.39 is 17.1 Å². The van der Waals surface area contributed by atoms with E-state index in [1.54, 1.807) is 73.1 Å². The Hall–Kier alpha value is -4.72. The molecule has 3 N–H and O–H groups in total. The lowest BCUT2D eigenvalue weighted by atomic mass is 9.72. The molecule has 47 heavy (non-hydrogen) atoms. The monoisotopic (exact) mass is 663 g/mol. The molecule has 0 radical (unpaired) electrons. The third-order valence-electron chi connectivity index (χ3n) is 8.14. The fraction of sp³-hybridized carbons (Fsp3) is 0.270. The summed E-state index contributed by atoms with van der Waals surface area (Å²) in [5.74, 6) is -0.587. The van der Waals surface area contributed by atoms with E-state index in [2.05, 4.69) is 47.8 Å². The van der Waals surface area contributed by atoms with Crippen molar-refractivity contribution in [2.24, 2.45) is 11.3 Å². The maximum Gasteiger partial charge on any atom is 0.272 e. The molecule has 0 bridgehead atoms. The highest BCUT2D eigenvalue weighted by molar-refractivity contribution is 8.00. The molecule has 2 atom stereocenters. The Morgan fingerprint density at radius 3 is 2.55 bits per heavy atom. The molecular weight excluding hydrogens is 627 g/mol. The zero-order valence-corrected chi connectivity index (χ0v) is 28.4. The molecule has 2 aromatic heterocycles. The minimum absolute atomic E-state index is 0.0541. The van der Waals surface area contributed by atoms with Crippen LogP contribution in [0.1, 0.15) is 66.0 Å². The Labute approximate surface area is 283 Å². The number of hydrogen-bond donors (Lipinski definition) is 3. The van der Waals surface area contributed by atoms with Gasteiger partial charge >= 0.3 is 0 Å². The van der Waals surface area contributed by atoms with Crippen LogP contribution < -0.4 is 16.0 Å². The molecule has 8 nitrogen and oxygen atoms in total. The Balaban J connectivity index is 1.26. The van der Waals surface area contributed by atoms with Gasteiger partial charge in [-0.05, 0) is 91.1 Å². The number of hydrogen-bond acceptors (Lipinski definition) is 7. The van der Waals surface area contributed by atoms with Crippen LogP contribution in [0.3, 0.4) is 0 Å². The Kier molecular flexibility index (Phi) is 10.6. The number of nitriles is 1. The van der Waals surface area contributed by atoms with Gasteiger partial charge in [-0.25, -0.2) is 0 Å². The van der Waals surface area contributed by atoms with Crippen LogP contribution in [-0.4, -0.2) is 28.0 Å². The summed E-state index contributed by atoms with van der Waals surface area (Å²) in [7, 11) is 0. The van der Waals surface area contributed by atoms with Gasteiger partial charge in [0.25, 0.3) is 11.8 Å². The van der Waals surface area contributed by atoms with Gasteiger partial charge in [0.2, 0.25) is 5.91 Å². The van der Waals surface area contributed by atoms with Crippen molar-refractivity contribution in [3.8, 4) is 6.07 Å². The molecule has 10 heteroatoms. The molecule has 1 aliphatic carbocycles. The van der Waals surface area contributed by atoms with Gasteiger partial charge in [0.15, 0.2) is 0 Å². The predicted octanol–water partition coefficient (Wildman–Crippen LogP) is 7.69. The summed E-state index contributed by atoms with van der Waals surface area (Å²) < 4.78 is 0. The van der Waals surface area contributed by atoms with E-state index in [0.29, 0.717) is 33.3 Å². The molecule has 2 unspecified atom stereocenters. The van der Waals surface area contributed by atoms with Crippen LogP contribution in [0.5, 0.6) is 0 Å². The minimum atomic E-state index is -0.509. The fourth-order valence-electron chi connectivity index (χ4n) is 5.42. The molecule has 0 spiro atoms. The van der Waals surface area contributed by atoms with Gasteiger partial charge in [0.05, 0.1) is 10.8 Å². The summed E-state index contributed by atoms with van der Waals surface area (Å²) in [6.45, 7) is 8.58. The van der Waals surface area contributed by atoms with Crippen LogP contribution in [0.4, 0.5) is 10.7 Å². The van der Waals surface area contributed by atoms with Gasteiger partial charge in [0.1, 0.15) is 16.8 Å². The van der Waals surface area contributed by atoms with Crippen molar-refractivity contribution < 1.29 is 14.4 Å². The number of nitrogens with one attached hydrogen (secondary N) is 3. The first kappa shape index (κ1) is 33.6. The second-order valence-electron chi connectivity index (χ2n) is 12.5. The lowest BCUT2D eigenvalue weighted by molar-refractivity contribution is -0.115. The van der Waals surface area contributed by atoms with Crippen LogP contribution in [-0.2, 0) is 22.4 Å². The predicted molar refractivity (Wildman–Crippen MR) is 189 cm³/mol. The van der Waals surface area contributed by atoms with Gasteiger partial charge in [-0.1, -0.05) is 51.1 Å². The number of benzene rings is 2. The summed E-state index contributed by atoms with van der Waals surface area (Å²) in [6.07, 6.45) is 7.60. The summed E-state index contributed by atoms with van der Waals surface area (Å²) in [6, 6.07) is 21.7. The van der Waals surface area contributed by atoms with E-state index in [9.17, 15) is 19.6 Å². The number of nitrogens with zero attached hydrogens (tertiary/aromatic N) is 2. The molecule has 0 aliphatic heterocycles. The number of aromatic nitrogens is 1. The van der Waals surface area contributed by atoms with Crippen molar-refractivity contribution in [3.05, 3.63) is 112 Å². The number of fused-ring (bicyclic) bond motifs is 1. The Bertz CT molecular complexity index is 1840. The quantitative estimate of drug-likeness (QED) is 0.125. The van der Waals surface area contributed by atoms with Crippen molar-refractivity contribution in [2.45, 2.75) is 57.1 Å². The highest BCUT2D eigenvalue weighted by atomic mass is 32.2. The Morgan fingerprint density at radius 2 is 1.85 bits per heavy atom. The Morgan fingerprint density at radius 1 is 1.06 bits per heavy atom. The van der Waals surface area contributed by atoms with E-state index in [-0.39, 0.29) is 17.0 Å². The molecule has 240 valence electrons. The van der Waals surface area contributed by atoms with Crippen LogP contribution in [0.25, 0.3) is 6.08 Å². The number of anilines is 2. The smallest absolute Gasteiger partial charge is 0.272 e. The number of carbonyl (C=O) groups is 3. The number of pyridine rings is 1. The second kappa shape index (κ2) is 14.8. The van der Waals surface area contributed by atoms with Crippen molar-refractivity contribution in [1.29, 1.82) is 5.26 Å². The lowest BCUT2D eigenvalue weighted by Crippen LogP contribution is -2.30. The van der Waals surface area contributed by atoms with Gasteiger partial charge < -0.3 is 16.0 Å². The summed E-state index contributed by atoms with van der Waals surface area (Å²) in [5.41, 5.74) is 3.47. The second-order valence-corrected chi connectivity index (χ2v) is 15.0. The first-order valence-corrected chi connectivity index (χ1v) is 17.1. The first-order valence-electron chi connectivity index (χ1n) is 15.4. The highest BCUT2D eigenvalue weighted by Crippen LogP contribution is 2.44. The standard InChI is InChI=1S/C37H37N5O3S2/c1-23(33(43)42-36-30(21-38)29-16-15-26(37(2,3)4)19-32(29)47-36)46-28-14-8-13-27(20-28)40-35(45)31(18-24-10-9-17-39-22-24)41-34(44)25-11-6-5-7-12-25/h5-14,17-18,20,22-23,26H,15-16,19H2,1-4H3,(H,40,45)(H,41,44)(H,42,43)/b31-18-. The molecule has 5 rings (SSSR count). The third kappa shape index (κ3) is 8.56. The van der Waals surface area contributed by atoms with E-state index >= 15 is 0 Å². The molecule has 0 fully saturated rings. The van der Waals surface area contributed by atoms with Crippen LogP contribution in [0, 0.1) is 22.7 Å².